The maximum Gasteiger partial charge on any atom is 0.407 e. The zero-order valence-electron chi connectivity index (χ0n) is 20.8. The van der Waals surface area contributed by atoms with Crippen LogP contribution in [-0.4, -0.2) is 16.7 Å². The zero-order chi connectivity index (χ0) is 23.7. The van der Waals surface area contributed by atoms with Gasteiger partial charge in [0.05, 0.1) is 0 Å². The summed E-state index contributed by atoms with van der Waals surface area (Å²) >= 11 is 0. The van der Waals surface area contributed by atoms with Gasteiger partial charge in [0, 0.05) is 28.6 Å². The Bertz CT molecular complexity index is 1100. The summed E-state index contributed by atoms with van der Waals surface area (Å²) in [5.41, 5.74) is 7.16. The van der Waals surface area contributed by atoms with Crippen molar-refractivity contribution in [3.63, 3.8) is 0 Å². The summed E-state index contributed by atoms with van der Waals surface area (Å²) < 4.78 is 5.33. The van der Waals surface area contributed by atoms with Crippen LogP contribution in [0, 0.1) is 6.92 Å². The third kappa shape index (κ3) is 5.93. The van der Waals surface area contributed by atoms with Gasteiger partial charge in [0.1, 0.15) is 5.60 Å². The number of hydrogen-bond donors (Lipinski definition) is 2. The first kappa shape index (κ1) is 23.9. The molecule has 3 aromatic rings. The number of ether oxygens (including phenoxy) is 1. The van der Waals surface area contributed by atoms with Gasteiger partial charge in [0.25, 0.3) is 0 Å². The Kier molecular flexibility index (Phi) is 6.73. The first-order valence-electron chi connectivity index (χ1n) is 11.5. The lowest BCUT2D eigenvalue weighted by Gasteiger charge is -2.20. The van der Waals surface area contributed by atoms with Gasteiger partial charge in [-0.05, 0) is 74.4 Å². The molecular weight excluding hydrogens is 396 g/mol. The number of carbonyl (C=O) groups is 1. The lowest BCUT2D eigenvalue weighted by molar-refractivity contribution is 0.0523. The van der Waals surface area contributed by atoms with Crippen molar-refractivity contribution in [3.05, 3.63) is 70.4 Å². The van der Waals surface area contributed by atoms with Crippen LogP contribution in [0.15, 0.2) is 42.5 Å². The summed E-state index contributed by atoms with van der Waals surface area (Å²) in [4.78, 5) is 15.6. The van der Waals surface area contributed by atoms with Crippen molar-refractivity contribution >= 4 is 17.0 Å². The number of benzene rings is 2. The van der Waals surface area contributed by atoms with Crippen molar-refractivity contribution in [2.24, 2.45) is 0 Å². The van der Waals surface area contributed by atoms with Crippen LogP contribution in [-0.2, 0) is 23.1 Å². The van der Waals surface area contributed by atoms with Crippen LogP contribution in [0.4, 0.5) is 4.79 Å². The topological polar surface area (TPSA) is 54.1 Å². The molecule has 1 amide bonds. The average molecular weight is 435 g/mol. The molecule has 0 fully saturated rings. The van der Waals surface area contributed by atoms with E-state index >= 15 is 0 Å². The fraction of sp³-hybridized carbons (Fsp3) is 0.464. The molecule has 3 rings (SSSR count). The number of H-pyrrole nitrogens is 1. The van der Waals surface area contributed by atoms with Crippen molar-refractivity contribution in [2.45, 2.75) is 85.3 Å². The summed E-state index contributed by atoms with van der Waals surface area (Å²) in [5.74, 6) is 0.371. The molecule has 4 heteroatoms. The molecule has 0 saturated carbocycles. The minimum atomic E-state index is -0.493. The summed E-state index contributed by atoms with van der Waals surface area (Å²) in [7, 11) is 0. The molecule has 1 aromatic heterocycles. The second-order valence-electron chi connectivity index (χ2n) is 11.0. The normalized spacial score (nSPS) is 13.2. The molecule has 0 aliphatic heterocycles. The van der Waals surface area contributed by atoms with E-state index in [-0.39, 0.29) is 11.5 Å². The van der Waals surface area contributed by atoms with E-state index in [1.165, 1.54) is 33.3 Å². The molecule has 1 unspecified atom stereocenters. The van der Waals surface area contributed by atoms with Crippen LogP contribution in [0.3, 0.4) is 0 Å². The molecular formula is C28H38N2O2. The molecule has 2 aromatic carbocycles. The smallest absolute Gasteiger partial charge is 0.407 e. The lowest BCUT2D eigenvalue weighted by Crippen LogP contribution is -2.32. The molecule has 4 nitrogen and oxygen atoms in total. The predicted molar refractivity (Wildman–Crippen MR) is 133 cm³/mol. The van der Waals surface area contributed by atoms with E-state index in [9.17, 15) is 4.79 Å². The molecule has 0 radical (unpaired) electrons. The van der Waals surface area contributed by atoms with Crippen molar-refractivity contribution in [3.8, 4) is 0 Å². The number of nitrogens with one attached hydrogen (secondary N) is 2. The number of aromatic nitrogens is 1. The van der Waals surface area contributed by atoms with E-state index in [1.54, 1.807) is 0 Å². The second kappa shape index (κ2) is 9.01. The molecule has 0 saturated heterocycles. The second-order valence-corrected chi connectivity index (χ2v) is 11.0. The number of aryl methyl sites for hydroxylation is 1. The molecule has 2 N–H and O–H groups in total. The Morgan fingerprint density at radius 1 is 1.03 bits per heavy atom. The van der Waals surface area contributed by atoms with Gasteiger partial charge < -0.3 is 15.0 Å². The first-order chi connectivity index (χ1) is 14.8. The fourth-order valence-electron chi connectivity index (χ4n) is 4.22. The van der Waals surface area contributed by atoms with E-state index in [0.717, 1.165) is 12.0 Å². The Morgan fingerprint density at radius 2 is 1.75 bits per heavy atom. The molecule has 0 aliphatic carbocycles. The van der Waals surface area contributed by atoms with E-state index in [0.29, 0.717) is 12.5 Å². The highest BCUT2D eigenvalue weighted by atomic mass is 16.6. The van der Waals surface area contributed by atoms with E-state index in [4.69, 9.17) is 4.74 Å². The van der Waals surface area contributed by atoms with Gasteiger partial charge in [-0.25, -0.2) is 4.79 Å². The molecule has 172 valence electrons. The van der Waals surface area contributed by atoms with Crippen molar-refractivity contribution in [1.82, 2.24) is 10.3 Å². The molecule has 0 bridgehead atoms. The monoisotopic (exact) mass is 434 g/mol. The summed E-state index contributed by atoms with van der Waals surface area (Å²) in [6.45, 7) is 17.3. The van der Waals surface area contributed by atoms with E-state index in [2.05, 4.69) is 81.3 Å². The van der Waals surface area contributed by atoms with E-state index in [1.807, 2.05) is 26.8 Å². The van der Waals surface area contributed by atoms with Crippen LogP contribution < -0.4 is 5.32 Å². The zero-order valence-corrected chi connectivity index (χ0v) is 20.8. The highest BCUT2D eigenvalue weighted by Gasteiger charge is 2.20. The minimum Gasteiger partial charge on any atom is -0.444 e. The summed E-state index contributed by atoms with van der Waals surface area (Å²) in [6.07, 6.45) is 0.578. The van der Waals surface area contributed by atoms with Crippen LogP contribution in [0.25, 0.3) is 10.9 Å². The fourth-order valence-corrected chi connectivity index (χ4v) is 4.22. The number of fused-ring (bicyclic) bond motifs is 1. The Balaban J connectivity index is 1.71. The maximum absolute atomic E-state index is 12.0. The Labute approximate surface area is 192 Å². The van der Waals surface area contributed by atoms with Crippen LogP contribution in [0.5, 0.6) is 0 Å². The lowest BCUT2D eigenvalue weighted by atomic mass is 9.89. The van der Waals surface area contributed by atoms with Gasteiger partial charge >= 0.3 is 6.09 Å². The third-order valence-electron chi connectivity index (χ3n) is 5.77. The first-order valence-corrected chi connectivity index (χ1v) is 11.5. The third-order valence-corrected chi connectivity index (χ3v) is 5.77. The SMILES string of the molecule is Cc1c(C(C)(C)C)[nH]c2ccc(CC(C)c3cccc(CNC(=O)OC(C)(C)C)c3)cc12. The van der Waals surface area contributed by atoms with Crippen LogP contribution in [0.2, 0.25) is 0 Å². The molecule has 1 atom stereocenters. The minimum absolute atomic E-state index is 0.102. The summed E-state index contributed by atoms with van der Waals surface area (Å²) in [6, 6.07) is 15.2. The van der Waals surface area contributed by atoms with Gasteiger partial charge in [-0.2, -0.15) is 0 Å². The number of rotatable bonds is 5. The number of hydrogen-bond acceptors (Lipinski definition) is 2. The largest absolute Gasteiger partial charge is 0.444 e. The Hall–Kier alpha value is -2.75. The average Bonchev–Trinajstić information content (AvgIpc) is 3.02. The van der Waals surface area contributed by atoms with Gasteiger partial charge in [-0.3, -0.25) is 0 Å². The maximum atomic E-state index is 12.0. The molecule has 0 aliphatic rings. The van der Waals surface area contributed by atoms with Crippen molar-refractivity contribution in [1.29, 1.82) is 0 Å². The van der Waals surface area contributed by atoms with Crippen LogP contribution >= 0.6 is 0 Å². The molecule has 0 spiro atoms. The highest BCUT2D eigenvalue weighted by molar-refractivity contribution is 5.85. The predicted octanol–water partition coefficient (Wildman–Crippen LogP) is 7.14. The number of aromatic amines is 1. The number of alkyl carbamates (subject to hydrolysis) is 1. The molecule has 32 heavy (non-hydrogen) atoms. The Morgan fingerprint density at radius 3 is 2.41 bits per heavy atom. The van der Waals surface area contributed by atoms with Gasteiger partial charge in [0.2, 0.25) is 0 Å². The number of amides is 1. The van der Waals surface area contributed by atoms with Gasteiger partial charge in [-0.15, -0.1) is 0 Å². The standard InChI is InChI=1S/C28H38N2O2/c1-18(22-11-9-10-21(15-22)17-29-26(31)32-28(6,7)8)14-20-12-13-24-23(16-20)19(2)25(30-24)27(3,4)5/h9-13,15-16,18,30H,14,17H2,1-8H3,(H,29,31). The molecule has 1 heterocycles. The quantitative estimate of drug-likeness (QED) is 0.448. The number of carbonyl (C=O) groups excluding carboxylic acids is 1. The van der Waals surface area contributed by atoms with E-state index < -0.39 is 5.60 Å². The van der Waals surface area contributed by atoms with Crippen LogP contribution in [0.1, 0.15) is 82.3 Å². The van der Waals surface area contributed by atoms with Gasteiger partial charge in [0.15, 0.2) is 0 Å². The van der Waals surface area contributed by atoms with Gasteiger partial charge in [-0.1, -0.05) is 58.0 Å². The van der Waals surface area contributed by atoms with Crippen molar-refractivity contribution < 1.29 is 9.53 Å². The highest BCUT2D eigenvalue weighted by Crippen LogP contribution is 2.32. The van der Waals surface area contributed by atoms with Crippen molar-refractivity contribution in [2.75, 3.05) is 0 Å². The summed E-state index contributed by atoms with van der Waals surface area (Å²) in [5, 5.41) is 4.16.